The van der Waals surface area contributed by atoms with Gasteiger partial charge in [0.15, 0.2) is 0 Å². The van der Waals surface area contributed by atoms with Crippen molar-refractivity contribution in [3.8, 4) is 0 Å². The number of nitrogens with two attached hydrogens (primary N) is 1. The van der Waals surface area contributed by atoms with Crippen LogP contribution in [0, 0.1) is 5.92 Å². The Kier molecular flexibility index (Phi) is 4.95. The van der Waals surface area contributed by atoms with Gasteiger partial charge in [-0.15, -0.1) is 0 Å². The van der Waals surface area contributed by atoms with Crippen LogP contribution in [-0.2, 0) is 14.8 Å². The lowest BCUT2D eigenvalue weighted by Crippen LogP contribution is -2.28. The first-order chi connectivity index (χ1) is 7.47. The highest BCUT2D eigenvalue weighted by atomic mass is 32.2. The Balaban J connectivity index is 2.08. The van der Waals surface area contributed by atoms with Gasteiger partial charge in [0.25, 0.3) is 0 Å². The molecule has 0 spiro atoms. The predicted molar refractivity (Wildman–Crippen MR) is 62.1 cm³/mol. The Hall–Kier alpha value is -0.880. The molecule has 3 N–H and O–H groups in total. The first-order valence-corrected chi connectivity index (χ1v) is 7.13. The van der Waals surface area contributed by atoms with Gasteiger partial charge in [-0.1, -0.05) is 12.2 Å². The summed E-state index contributed by atoms with van der Waals surface area (Å²) in [7, 11) is -3.41. The molecule has 16 heavy (non-hydrogen) atoms. The quantitative estimate of drug-likeness (QED) is 0.516. The van der Waals surface area contributed by atoms with Gasteiger partial charge in [-0.25, -0.2) is 13.6 Å². The topological polar surface area (TPSA) is 89.3 Å². The van der Waals surface area contributed by atoms with Crippen LogP contribution in [0.5, 0.6) is 0 Å². The number of amides is 1. The number of rotatable bonds is 6. The van der Waals surface area contributed by atoms with Crippen LogP contribution in [0.2, 0.25) is 0 Å². The number of carbonyl (C=O) groups is 1. The van der Waals surface area contributed by atoms with Crippen molar-refractivity contribution in [2.75, 3.05) is 12.3 Å². The Morgan fingerprint density at radius 1 is 1.50 bits per heavy atom. The smallest absolute Gasteiger partial charge is 0.220 e. The molecule has 0 aromatic heterocycles. The first-order valence-electron chi connectivity index (χ1n) is 5.41. The molecule has 1 aliphatic rings. The highest BCUT2D eigenvalue weighted by molar-refractivity contribution is 7.89. The monoisotopic (exact) mass is 246 g/mol. The molecule has 0 radical (unpaired) electrons. The van der Waals surface area contributed by atoms with E-state index in [1.54, 1.807) is 0 Å². The summed E-state index contributed by atoms with van der Waals surface area (Å²) in [6.07, 6.45) is 7.08. The summed E-state index contributed by atoms with van der Waals surface area (Å²) in [5, 5.41) is 7.52. The molecule has 1 atom stereocenters. The van der Waals surface area contributed by atoms with E-state index in [0.29, 0.717) is 25.3 Å². The molecule has 0 aliphatic heterocycles. The zero-order chi connectivity index (χ0) is 12.0. The van der Waals surface area contributed by atoms with E-state index in [-0.39, 0.29) is 11.7 Å². The summed E-state index contributed by atoms with van der Waals surface area (Å²) in [6, 6.07) is 0. The van der Waals surface area contributed by atoms with Crippen LogP contribution in [0.25, 0.3) is 0 Å². The molecule has 6 heteroatoms. The SMILES string of the molecule is NS(=O)(=O)CCCNC(=O)CC1C=CCC1. The molecule has 0 bridgehead atoms. The van der Waals surface area contributed by atoms with Crippen LogP contribution in [0.1, 0.15) is 25.7 Å². The van der Waals surface area contributed by atoms with E-state index in [1.807, 2.05) is 0 Å². The minimum Gasteiger partial charge on any atom is -0.356 e. The molecule has 0 aromatic rings. The van der Waals surface area contributed by atoms with Crippen molar-refractivity contribution in [1.29, 1.82) is 0 Å². The van der Waals surface area contributed by atoms with Crippen LogP contribution >= 0.6 is 0 Å². The maximum atomic E-state index is 11.4. The van der Waals surface area contributed by atoms with Gasteiger partial charge in [-0.3, -0.25) is 4.79 Å². The molecule has 1 aliphatic carbocycles. The second-order valence-electron chi connectivity index (χ2n) is 4.04. The lowest BCUT2D eigenvalue weighted by atomic mass is 10.1. The van der Waals surface area contributed by atoms with Crippen LogP contribution in [0.4, 0.5) is 0 Å². The zero-order valence-electron chi connectivity index (χ0n) is 9.19. The number of primary sulfonamides is 1. The lowest BCUT2D eigenvalue weighted by Gasteiger charge is -2.08. The first kappa shape index (κ1) is 13.2. The molecule has 0 saturated carbocycles. The van der Waals surface area contributed by atoms with Gasteiger partial charge >= 0.3 is 0 Å². The van der Waals surface area contributed by atoms with Crippen LogP contribution in [0.3, 0.4) is 0 Å². The molecule has 0 aromatic carbocycles. The van der Waals surface area contributed by atoms with Crippen molar-refractivity contribution in [1.82, 2.24) is 5.32 Å². The average Bonchev–Trinajstić information content (AvgIpc) is 2.63. The maximum absolute atomic E-state index is 11.4. The van der Waals surface area contributed by atoms with Crippen LogP contribution in [-0.4, -0.2) is 26.6 Å². The van der Waals surface area contributed by atoms with Gasteiger partial charge < -0.3 is 5.32 Å². The molecule has 0 heterocycles. The highest BCUT2D eigenvalue weighted by Crippen LogP contribution is 2.19. The lowest BCUT2D eigenvalue weighted by molar-refractivity contribution is -0.121. The van der Waals surface area contributed by atoms with Crippen LogP contribution < -0.4 is 10.5 Å². The number of carbonyl (C=O) groups excluding carboxylic acids is 1. The van der Waals surface area contributed by atoms with Gasteiger partial charge in [0.05, 0.1) is 5.75 Å². The molecule has 92 valence electrons. The third-order valence-electron chi connectivity index (χ3n) is 2.49. The van der Waals surface area contributed by atoms with Gasteiger partial charge in [-0.2, -0.15) is 0 Å². The second-order valence-corrected chi connectivity index (χ2v) is 5.77. The summed E-state index contributed by atoms with van der Waals surface area (Å²) >= 11 is 0. The molecule has 0 saturated heterocycles. The molecule has 5 nitrogen and oxygen atoms in total. The highest BCUT2D eigenvalue weighted by Gasteiger charge is 2.13. The Morgan fingerprint density at radius 3 is 2.81 bits per heavy atom. The van der Waals surface area contributed by atoms with Gasteiger partial charge in [-0.05, 0) is 25.2 Å². The van der Waals surface area contributed by atoms with Gasteiger partial charge in [0.1, 0.15) is 0 Å². The van der Waals surface area contributed by atoms with E-state index in [4.69, 9.17) is 5.14 Å². The van der Waals surface area contributed by atoms with E-state index in [2.05, 4.69) is 17.5 Å². The number of nitrogens with one attached hydrogen (secondary N) is 1. The zero-order valence-corrected chi connectivity index (χ0v) is 10.0. The molecule has 1 amide bonds. The third-order valence-corrected chi connectivity index (χ3v) is 3.35. The molecule has 0 fully saturated rings. The Labute approximate surface area is 96.1 Å². The summed E-state index contributed by atoms with van der Waals surface area (Å²) in [4.78, 5) is 11.4. The van der Waals surface area contributed by atoms with E-state index in [0.717, 1.165) is 12.8 Å². The normalized spacial score (nSPS) is 19.9. The summed E-state index contributed by atoms with van der Waals surface area (Å²) in [5.41, 5.74) is 0. The molecular weight excluding hydrogens is 228 g/mol. The van der Waals surface area contributed by atoms with Crippen molar-refractivity contribution < 1.29 is 13.2 Å². The van der Waals surface area contributed by atoms with E-state index in [9.17, 15) is 13.2 Å². The Bertz CT molecular complexity index is 362. The third kappa shape index (κ3) is 5.87. The molecule has 1 rings (SSSR count). The van der Waals surface area contributed by atoms with Crippen molar-refractivity contribution in [2.24, 2.45) is 11.1 Å². The standard InChI is InChI=1S/C10H18N2O3S/c11-16(14,15)7-3-6-12-10(13)8-9-4-1-2-5-9/h1,4,9H,2-3,5-8H2,(H,12,13)(H2,11,14,15). The fraction of sp³-hybridized carbons (Fsp3) is 0.700. The predicted octanol–water partition coefficient (Wildman–Crippen LogP) is 0.137. The van der Waals surface area contributed by atoms with Crippen molar-refractivity contribution >= 4 is 15.9 Å². The maximum Gasteiger partial charge on any atom is 0.220 e. The number of hydrogen-bond donors (Lipinski definition) is 2. The minimum absolute atomic E-state index is 0.0223. The Morgan fingerprint density at radius 2 is 2.25 bits per heavy atom. The summed E-state index contributed by atoms with van der Waals surface area (Å²) in [6.45, 7) is 0.367. The van der Waals surface area contributed by atoms with Crippen molar-refractivity contribution in [2.45, 2.75) is 25.7 Å². The summed E-state index contributed by atoms with van der Waals surface area (Å²) < 4.78 is 21.2. The fourth-order valence-electron chi connectivity index (χ4n) is 1.68. The van der Waals surface area contributed by atoms with Gasteiger partial charge in [0, 0.05) is 13.0 Å². The fourth-order valence-corrected chi connectivity index (χ4v) is 2.22. The molecule has 1 unspecified atom stereocenters. The minimum atomic E-state index is -3.41. The number of allylic oxidation sites excluding steroid dienone is 2. The van der Waals surface area contributed by atoms with Gasteiger partial charge in [0.2, 0.25) is 15.9 Å². The van der Waals surface area contributed by atoms with Crippen LogP contribution in [0.15, 0.2) is 12.2 Å². The number of sulfonamides is 1. The van der Waals surface area contributed by atoms with E-state index in [1.165, 1.54) is 0 Å². The largest absolute Gasteiger partial charge is 0.356 e. The van der Waals surface area contributed by atoms with E-state index < -0.39 is 10.0 Å². The number of hydrogen-bond acceptors (Lipinski definition) is 3. The van der Waals surface area contributed by atoms with Crippen molar-refractivity contribution in [3.63, 3.8) is 0 Å². The average molecular weight is 246 g/mol. The molecular formula is C10H18N2O3S. The summed E-state index contributed by atoms with van der Waals surface area (Å²) in [5.74, 6) is 0.237. The van der Waals surface area contributed by atoms with E-state index >= 15 is 0 Å². The van der Waals surface area contributed by atoms with Crippen molar-refractivity contribution in [3.05, 3.63) is 12.2 Å². The second kappa shape index (κ2) is 6.00.